The molecule has 1 aliphatic heterocycles. The quantitative estimate of drug-likeness (QED) is 0.910. The van der Waals surface area contributed by atoms with Crippen LogP contribution in [0.3, 0.4) is 0 Å². The van der Waals surface area contributed by atoms with Gasteiger partial charge in [0.05, 0.1) is 0 Å². The highest BCUT2D eigenvalue weighted by molar-refractivity contribution is 5.93. The lowest BCUT2D eigenvalue weighted by Gasteiger charge is -2.32. The van der Waals surface area contributed by atoms with Crippen molar-refractivity contribution in [1.29, 1.82) is 0 Å². The Morgan fingerprint density at radius 1 is 0.952 bits per heavy atom. The van der Waals surface area contributed by atoms with Crippen molar-refractivity contribution in [3.8, 4) is 0 Å². The third-order valence-corrected chi connectivity index (χ3v) is 3.08. The largest absolute Gasteiger partial charge is 0.304 e. The maximum Gasteiger partial charge on any atom is 0.265 e. The third-order valence-electron chi connectivity index (χ3n) is 3.08. The second-order valence-electron chi connectivity index (χ2n) is 4.60. The minimum Gasteiger partial charge on any atom is -0.304 e. The molecule has 0 unspecified atom stereocenters. The summed E-state index contributed by atoms with van der Waals surface area (Å²) in [5.74, 6) is -0.0189. The molecule has 0 atom stereocenters. The first-order valence-electron chi connectivity index (χ1n) is 7.96. The van der Waals surface area contributed by atoms with E-state index in [1.165, 1.54) is 5.56 Å². The van der Waals surface area contributed by atoms with E-state index in [0.717, 1.165) is 31.7 Å². The molecule has 1 amide bonds. The molecule has 0 bridgehead atoms. The maximum absolute atomic E-state index is 11.9. The third kappa shape index (κ3) is 7.25. The molecule has 1 heterocycles. The Morgan fingerprint density at radius 3 is 1.90 bits per heavy atom. The van der Waals surface area contributed by atoms with Crippen LogP contribution < -0.4 is 5.43 Å². The van der Waals surface area contributed by atoms with E-state index in [0.29, 0.717) is 0 Å². The number of piperazine rings is 1. The normalized spacial score (nSPS) is 15.1. The predicted molar refractivity (Wildman–Crippen MR) is 90.4 cm³/mol. The van der Waals surface area contributed by atoms with Crippen molar-refractivity contribution in [1.82, 2.24) is 15.3 Å². The molecule has 4 nitrogen and oxygen atoms in total. The Labute approximate surface area is 130 Å². The van der Waals surface area contributed by atoms with Crippen LogP contribution in [0.5, 0.6) is 0 Å². The highest BCUT2D eigenvalue weighted by Gasteiger charge is 2.16. The summed E-state index contributed by atoms with van der Waals surface area (Å²) >= 11 is 0. The Morgan fingerprint density at radius 2 is 1.43 bits per heavy atom. The summed E-state index contributed by atoms with van der Waals surface area (Å²) in [4.78, 5) is 14.2. The van der Waals surface area contributed by atoms with Crippen molar-refractivity contribution < 1.29 is 4.79 Å². The Balaban J connectivity index is 0.000000921. The number of nitrogens with one attached hydrogen (secondary N) is 1. The summed E-state index contributed by atoms with van der Waals surface area (Å²) in [6.07, 6.45) is 0. The number of hydrazine groups is 1. The number of likely N-dealkylation sites (N-methyl/N-ethyl adjacent to an activating group) is 1. The van der Waals surface area contributed by atoms with E-state index in [4.69, 9.17) is 0 Å². The molecule has 120 valence electrons. The first kappa shape index (κ1) is 19.6. The maximum atomic E-state index is 11.9. The summed E-state index contributed by atoms with van der Waals surface area (Å²) in [6.45, 7) is 13.8. The second-order valence-corrected chi connectivity index (χ2v) is 4.60. The molecular formula is C17H31N3O. The number of hydrogen-bond donors (Lipinski definition) is 1. The van der Waals surface area contributed by atoms with Gasteiger partial charge in [0.2, 0.25) is 0 Å². The molecule has 1 N–H and O–H groups in total. The number of aryl methyl sites for hydroxylation is 1. The van der Waals surface area contributed by atoms with Crippen LogP contribution in [0.15, 0.2) is 24.3 Å². The van der Waals surface area contributed by atoms with Gasteiger partial charge in [-0.1, -0.05) is 45.4 Å². The molecule has 4 heteroatoms. The summed E-state index contributed by atoms with van der Waals surface area (Å²) in [7, 11) is 2.10. The van der Waals surface area contributed by atoms with Crippen LogP contribution in [0, 0.1) is 6.92 Å². The lowest BCUT2D eigenvalue weighted by Crippen LogP contribution is -2.52. The summed E-state index contributed by atoms with van der Waals surface area (Å²) in [5, 5.41) is 1.99. The molecule has 2 rings (SSSR count). The number of nitrogens with zero attached hydrogens (tertiary/aromatic N) is 2. The minimum absolute atomic E-state index is 0.0189. The van der Waals surface area contributed by atoms with E-state index in [-0.39, 0.29) is 5.91 Å². The zero-order valence-electron chi connectivity index (χ0n) is 14.4. The molecule has 0 radical (unpaired) electrons. The molecule has 21 heavy (non-hydrogen) atoms. The van der Waals surface area contributed by atoms with Gasteiger partial charge in [0.25, 0.3) is 5.91 Å². The van der Waals surface area contributed by atoms with E-state index in [9.17, 15) is 4.79 Å². The molecule has 0 saturated carbocycles. The van der Waals surface area contributed by atoms with Gasteiger partial charge in [0.1, 0.15) is 0 Å². The number of benzene rings is 1. The smallest absolute Gasteiger partial charge is 0.265 e. The standard InChI is InChI=1S/C13H19N3O.2C2H6/c1-11-3-5-12(6-4-11)13(17)14-16-9-7-15(2)8-10-16;2*1-2/h3-6H,7-10H2,1-2H3,(H,14,17);2*1-2H3. The van der Waals surface area contributed by atoms with Crippen LogP contribution in [0.2, 0.25) is 0 Å². The Bertz CT molecular complexity index is 382. The van der Waals surface area contributed by atoms with Gasteiger partial charge in [-0.25, -0.2) is 5.01 Å². The van der Waals surface area contributed by atoms with Crippen LogP contribution >= 0.6 is 0 Å². The lowest BCUT2D eigenvalue weighted by molar-refractivity contribution is 0.0662. The van der Waals surface area contributed by atoms with Crippen molar-refractivity contribution in [2.45, 2.75) is 34.6 Å². The van der Waals surface area contributed by atoms with Crippen LogP contribution in [0.4, 0.5) is 0 Å². The molecule has 0 spiro atoms. The topological polar surface area (TPSA) is 35.6 Å². The monoisotopic (exact) mass is 293 g/mol. The molecular weight excluding hydrogens is 262 g/mol. The fraction of sp³-hybridized carbons (Fsp3) is 0.588. The van der Waals surface area contributed by atoms with Crippen molar-refractivity contribution in [3.05, 3.63) is 35.4 Å². The molecule has 0 aliphatic carbocycles. The van der Waals surface area contributed by atoms with Gasteiger partial charge in [-0.3, -0.25) is 10.2 Å². The van der Waals surface area contributed by atoms with E-state index in [2.05, 4.69) is 17.4 Å². The number of rotatable bonds is 2. The average Bonchev–Trinajstić information content (AvgIpc) is 2.54. The second kappa shape index (κ2) is 11.3. The highest BCUT2D eigenvalue weighted by atomic mass is 16.2. The van der Waals surface area contributed by atoms with E-state index >= 15 is 0 Å². The van der Waals surface area contributed by atoms with Gasteiger partial charge in [-0.2, -0.15) is 0 Å². The molecule has 1 aromatic rings. The van der Waals surface area contributed by atoms with E-state index in [1.54, 1.807) is 0 Å². The van der Waals surface area contributed by atoms with Crippen LogP contribution in [0.1, 0.15) is 43.6 Å². The molecule has 0 aromatic heterocycles. The summed E-state index contributed by atoms with van der Waals surface area (Å²) in [5.41, 5.74) is 4.83. The first-order chi connectivity index (χ1) is 10.1. The number of amides is 1. The van der Waals surface area contributed by atoms with Crippen molar-refractivity contribution in [2.75, 3.05) is 33.2 Å². The van der Waals surface area contributed by atoms with Crippen LogP contribution in [0.25, 0.3) is 0 Å². The molecule has 1 fully saturated rings. The molecule has 1 aliphatic rings. The number of carbonyl (C=O) groups is 1. The van der Waals surface area contributed by atoms with Crippen LogP contribution in [-0.2, 0) is 0 Å². The van der Waals surface area contributed by atoms with E-state index in [1.807, 2.05) is 63.9 Å². The van der Waals surface area contributed by atoms with Gasteiger partial charge in [-0.05, 0) is 26.1 Å². The van der Waals surface area contributed by atoms with Crippen LogP contribution in [-0.4, -0.2) is 49.0 Å². The van der Waals surface area contributed by atoms with Crippen molar-refractivity contribution >= 4 is 5.91 Å². The summed E-state index contributed by atoms with van der Waals surface area (Å²) < 4.78 is 0. The minimum atomic E-state index is -0.0189. The SMILES string of the molecule is CC.CC.Cc1ccc(C(=O)NN2CCN(C)CC2)cc1. The highest BCUT2D eigenvalue weighted by Crippen LogP contribution is 2.04. The zero-order valence-corrected chi connectivity index (χ0v) is 14.4. The molecule has 1 saturated heterocycles. The van der Waals surface area contributed by atoms with Gasteiger partial charge in [0, 0.05) is 31.7 Å². The molecule has 1 aromatic carbocycles. The Kier molecular flexibility index (Phi) is 10.5. The summed E-state index contributed by atoms with van der Waals surface area (Å²) in [6, 6.07) is 7.64. The Hall–Kier alpha value is -1.39. The predicted octanol–water partition coefficient (Wildman–Crippen LogP) is 2.94. The van der Waals surface area contributed by atoms with Gasteiger partial charge in [0.15, 0.2) is 0 Å². The van der Waals surface area contributed by atoms with Gasteiger partial charge >= 0.3 is 0 Å². The van der Waals surface area contributed by atoms with Crippen molar-refractivity contribution in [2.24, 2.45) is 0 Å². The van der Waals surface area contributed by atoms with E-state index < -0.39 is 0 Å². The fourth-order valence-electron chi connectivity index (χ4n) is 1.83. The fourth-order valence-corrected chi connectivity index (χ4v) is 1.83. The average molecular weight is 293 g/mol. The first-order valence-corrected chi connectivity index (χ1v) is 7.96. The van der Waals surface area contributed by atoms with Gasteiger partial charge in [-0.15, -0.1) is 0 Å². The zero-order chi connectivity index (χ0) is 16.3. The number of carbonyl (C=O) groups excluding carboxylic acids is 1. The lowest BCUT2D eigenvalue weighted by atomic mass is 10.1. The number of hydrogen-bond acceptors (Lipinski definition) is 3. The van der Waals surface area contributed by atoms with Gasteiger partial charge < -0.3 is 4.90 Å². The van der Waals surface area contributed by atoms with Crippen molar-refractivity contribution in [3.63, 3.8) is 0 Å².